The van der Waals surface area contributed by atoms with Crippen LogP contribution in [0.25, 0.3) is 0 Å². The highest BCUT2D eigenvalue weighted by atomic mass is 16.4. The van der Waals surface area contributed by atoms with Crippen molar-refractivity contribution in [2.24, 2.45) is 0 Å². The Morgan fingerprint density at radius 2 is 1.92 bits per heavy atom. The maximum atomic E-state index is 10.4. The molecule has 0 amide bonds. The maximum absolute atomic E-state index is 10.4. The lowest BCUT2D eigenvalue weighted by molar-refractivity contribution is -0.139. The van der Waals surface area contributed by atoms with Crippen molar-refractivity contribution >= 4 is 11.9 Å². The van der Waals surface area contributed by atoms with Crippen molar-refractivity contribution in [3.63, 3.8) is 0 Å². The maximum Gasteiger partial charge on any atom is 0.331 e. The SMILES string of the molecule is CCC/C=C(\CC(=O)O)C(=O)O. The Morgan fingerprint density at radius 3 is 2.25 bits per heavy atom. The van der Waals surface area contributed by atoms with Gasteiger partial charge in [0.2, 0.25) is 0 Å². The molecule has 0 aliphatic heterocycles. The Morgan fingerprint density at radius 1 is 1.33 bits per heavy atom. The number of carboxylic acids is 2. The molecule has 0 saturated carbocycles. The van der Waals surface area contributed by atoms with E-state index in [1.54, 1.807) is 0 Å². The van der Waals surface area contributed by atoms with Gasteiger partial charge in [0.1, 0.15) is 0 Å². The first kappa shape index (κ1) is 10.7. The fourth-order valence-electron chi connectivity index (χ4n) is 0.717. The van der Waals surface area contributed by atoms with E-state index in [-0.39, 0.29) is 5.57 Å². The minimum absolute atomic E-state index is 0.0376. The van der Waals surface area contributed by atoms with Gasteiger partial charge in [-0.2, -0.15) is 0 Å². The second-order valence-corrected chi connectivity index (χ2v) is 2.39. The molecule has 4 heteroatoms. The topological polar surface area (TPSA) is 74.6 Å². The molecule has 0 atom stereocenters. The van der Waals surface area contributed by atoms with Crippen LogP contribution in [0, 0.1) is 0 Å². The predicted molar refractivity (Wildman–Crippen MR) is 42.9 cm³/mol. The molecular formula is C8H12O4. The van der Waals surface area contributed by atoms with Crippen LogP contribution in [0.3, 0.4) is 0 Å². The minimum Gasteiger partial charge on any atom is -0.481 e. The number of hydrogen-bond donors (Lipinski definition) is 2. The highest BCUT2D eigenvalue weighted by molar-refractivity contribution is 5.91. The Labute approximate surface area is 70.5 Å². The van der Waals surface area contributed by atoms with E-state index in [2.05, 4.69) is 0 Å². The van der Waals surface area contributed by atoms with Crippen LogP contribution >= 0.6 is 0 Å². The molecule has 0 fully saturated rings. The Balaban J connectivity index is 4.22. The highest BCUT2D eigenvalue weighted by Gasteiger charge is 2.10. The standard InChI is InChI=1S/C8H12O4/c1-2-3-4-6(8(11)12)5-7(9)10/h4H,2-3,5H2,1H3,(H,9,10)(H,11,12)/b6-4+. The molecule has 0 bridgehead atoms. The van der Waals surface area contributed by atoms with Crippen molar-refractivity contribution in [2.45, 2.75) is 26.2 Å². The highest BCUT2D eigenvalue weighted by Crippen LogP contribution is 2.04. The molecule has 4 nitrogen and oxygen atoms in total. The zero-order valence-electron chi connectivity index (χ0n) is 6.91. The summed E-state index contributed by atoms with van der Waals surface area (Å²) in [5.41, 5.74) is -0.0376. The zero-order valence-corrected chi connectivity index (χ0v) is 6.91. The van der Waals surface area contributed by atoms with Crippen LogP contribution < -0.4 is 0 Å². The third-order valence-electron chi connectivity index (χ3n) is 1.30. The third-order valence-corrected chi connectivity index (χ3v) is 1.30. The van der Waals surface area contributed by atoms with Crippen LogP contribution in [0.2, 0.25) is 0 Å². The first-order chi connectivity index (χ1) is 5.57. The molecule has 0 aromatic carbocycles. The molecule has 0 aromatic heterocycles. The molecule has 0 aliphatic carbocycles. The van der Waals surface area contributed by atoms with E-state index in [0.29, 0.717) is 6.42 Å². The lowest BCUT2D eigenvalue weighted by atomic mass is 10.1. The van der Waals surface area contributed by atoms with Crippen LogP contribution in [-0.4, -0.2) is 22.2 Å². The van der Waals surface area contributed by atoms with Gasteiger partial charge in [0.05, 0.1) is 6.42 Å². The van der Waals surface area contributed by atoms with Gasteiger partial charge in [-0.15, -0.1) is 0 Å². The average molecular weight is 172 g/mol. The summed E-state index contributed by atoms with van der Waals surface area (Å²) in [5.74, 6) is -2.26. The van der Waals surface area contributed by atoms with Gasteiger partial charge >= 0.3 is 11.9 Å². The summed E-state index contributed by atoms with van der Waals surface area (Å²) in [6, 6.07) is 0. The molecule has 0 saturated heterocycles. The third kappa shape index (κ3) is 4.49. The summed E-state index contributed by atoms with van der Waals surface area (Å²) >= 11 is 0. The molecule has 0 radical (unpaired) electrons. The second-order valence-electron chi connectivity index (χ2n) is 2.39. The lowest BCUT2D eigenvalue weighted by Crippen LogP contribution is -2.06. The van der Waals surface area contributed by atoms with Gasteiger partial charge in [0.15, 0.2) is 0 Å². The van der Waals surface area contributed by atoms with Gasteiger partial charge in [-0.05, 0) is 6.42 Å². The number of aliphatic carboxylic acids is 2. The monoisotopic (exact) mass is 172 g/mol. The van der Waals surface area contributed by atoms with E-state index in [1.165, 1.54) is 6.08 Å². The van der Waals surface area contributed by atoms with Gasteiger partial charge < -0.3 is 10.2 Å². The summed E-state index contributed by atoms with van der Waals surface area (Å²) in [4.78, 5) is 20.6. The Bertz CT molecular complexity index is 205. The molecule has 0 rings (SSSR count). The van der Waals surface area contributed by atoms with Crippen molar-refractivity contribution < 1.29 is 19.8 Å². The van der Waals surface area contributed by atoms with Gasteiger partial charge in [-0.3, -0.25) is 4.79 Å². The molecule has 0 spiro atoms. The van der Waals surface area contributed by atoms with Crippen LogP contribution in [-0.2, 0) is 9.59 Å². The van der Waals surface area contributed by atoms with Crippen molar-refractivity contribution in [3.05, 3.63) is 11.6 Å². The lowest BCUT2D eigenvalue weighted by Gasteiger charge is -1.96. The van der Waals surface area contributed by atoms with E-state index in [9.17, 15) is 9.59 Å². The number of carboxylic acid groups (broad SMARTS) is 2. The zero-order chi connectivity index (χ0) is 9.56. The van der Waals surface area contributed by atoms with Gasteiger partial charge in [0.25, 0.3) is 0 Å². The molecular weight excluding hydrogens is 160 g/mol. The normalized spacial score (nSPS) is 11.2. The molecule has 12 heavy (non-hydrogen) atoms. The van der Waals surface area contributed by atoms with E-state index < -0.39 is 18.4 Å². The summed E-state index contributed by atoms with van der Waals surface area (Å²) in [6.45, 7) is 1.90. The number of hydrogen-bond acceptors (Lipinski definition) is 2. The van der Waals surface area contributed by atoms with E-state index in [0.717, 1.165) is 6.42 Å². The largest absolute Gasteiger partial charge is 0.481 e. The van der Waals surface area contributed by atoms with Crippen LogP contribution in [0.15, 0.2) is 11.6 Å². The first-order valence-electron chi connectivity index (χ1n) is 3.72. The summed E-state index contributed by atoms with van der Waals surface area (Å²) in [6.07, 6.45) is 2.47. The quantitative estimate of drug-likeness (QED) is 0.612. The Hall–Kier alpha value is -1.32. The van der Waals surface area contributed by atoms with Gasteiger partial charge in [0, 0.05) is 5.57 Å². The Kier molecular flexibility index (Phi) is 4.76. The van der Waals surface area contributed by atoms with Crippen molar-refractivity contribution in [2.75, 3.05) is 0 Å². The van der Waals surface area contributed by atoms with E-state index in [1.807, 2.05) is 6.92 Å². The summed E-state index contributed by atoms with van der Waals surface area (Å²) in [5, 5.41) is 16.8. The van der Waals surface area contributed by atoms with Gasteiger partial charge in [-0.25, -0.2) is 4.79 Å². The molecule has 0 aromatic rings. The summed E-state index contributed by atoms with van der Waals surface area (Å²) < 4.78 is 0. The van der Waals surface area contributed by atoms with Crippen molar-refractivity contribution in [3.8, 4) is 0 Å². The minimum atomic E-state index is -1.15. The molecule has 0 heterocycles. The van der Waals surface area contributed by atoms with E-state index >= 15 is 0 Å². The predicted octanol–water partition coefficient (Wildman–Crippen LogP) is 1.27. The molecule has 68 valence electrons. The molecule has 2 N–H and O–H groups in total. The fourth-order valence-corrected chi connectivity index (χ4v) is 0.717. The van der Waals surface area contributed by atoms with Gasteiger partial charge in [-0.1, -0.05) is 19.4 Å². The first-order valence-corrected chi connectivity index (χ1v) is 3.72. The number of unbranched alkanes of at least 4 members (excludes halogenated alkanes) is 1. The van der Waals surface area contributed by atoms with Crippen LogP contribution in [0.4, 0.5) is 0 Å². The van der Waals surface area contributed by atoms with Crippen LogP contribution in [0.5, 0.6) is 0 Å². The molecule has 0 aliphatic rings. The summed E-state index contributed by atoms with van der Waals surface area (Å²) in [7, 11) is 0. The van der Waals surface area contributed by atoms with Crippen LogP contribution in [0.1, 0.15) is 26.2 Å². The average Bonchev–Trinajstić information content (AvgIpc) is 1.96. The van der Waals surface area contributed by atoms with E-state index in [4.69, 9.17) is 10.2 Å². The number of rotatable bonds is 5. The molecule has 0 unspecified atom stereocenters. The smallest absolute Gasteiger partial charge is 0.331 e. The van der Waals surface area contributed by atoms with Crippen molar-refractivity contribution in [1.82, 2.24) is 0 Å². The van der Waals surface area contributed by atoms with Crippen molar-refractivity contribution in [1.29, 1.82) is 0 Å². The number of allylic oxidation sites excluding steroid dienone is 1. The fraction of sp³-hybridized carbons (Fsp3) is 0.500. The number of carbonyl (C=O) groups is 2. The second kappa shape index (κ2) is 5.35.